The molecule has 0 spiro atoms. The second-order valence-electron chi connectivity index (χ2n) is 4.98. The zero-order valence-electron chi connectivity index (χ0n) is 11.7. The summed E-state index contributed by atoms with van der Waals surface area (Å²) in [7, 11) is 0. The monoisotopic (exact) mass is 251 g/mol. The second kappa shape index (κ2) is 6.35. The van der Waals surface area contributed by atoms with Crippen molar-refractivity contribution in [2.24, 2.45) is 5.73 Å². The van der Waals surface area contributed by atoms with E-state index < -0.39 is 0 Å². The molecule has 0 heterocycles. The number of hydrogen-bond donors (Lipinski definition) is 1. The summed E-state index contributed by atoms with van der Waals surface area (Å²) in [5.74, 6) is 0. The molecular weight excluding hydrogens is 230 g/mol. The van der Waals surface area contributed by atoms with Crippen molar-refractivity contribution >= 4 is 6.08 Å². The van der Waals surface area contributed by atoms with Crippen LogP contribution in [0.15, 0.2) is 48.5 Å². The van der Waals surface area contributed by atoms with Gasteiger partial charge in [-0.1, -0.05) is 59.7 Å². The first-order chi connectivity index (χ1) is 9.19. The highest BCUT2D eigenvalue weighted by Gasteiger charge is 2.00. The maximum Gasteiger partial charge on any atom is -0.00425 e. The van der Waals surface area contributed by atoms with E-state index in [1.165, 1.54) is 27.8 Å². The SMILES string of the molecule is Cc1cc(C)cc(-c2cccc(/C=C/CCN)c2)c1. The number of benzene rings is 2. The van der Waals surface area contributed by atoms with Gasteiger partial charge in [0, 0.05) is 0 Å². The Labute approximate surface area is 115 Å². The maximum atomic E-state index is 5.50. The fourth-order valence-corrected chi connectivity index (χ4v) is 2.28. The Bertz CT molecular complexity index is 562. The third kappa shape index (κ3) is 3.80. The van der Waals surface area contributed by atoms with Crippen LogP contribution in [0.1, 0.15) is 23.1 Å². The van der Waals surface area contributed by atoms with Crippen molar-refractivity contribution in [1.82, 2.24) is 0 Å². The minimum atomic E-state index is 0.702. The van der Waals surface area contributed by atoms with Gasteiger partial charge in [-0.3, -0.25) is 0 Å². The Morgan fingerprint density at radius 3 is 2.37 bits per heavy atom. The Hall–Kier alpha value is -1.86. The van der Waals surface area contributed by atoms with Gasteiger partial charge < -0.3 is 5.73 Å². The molecule has 0 aliphatic rings. The zero-order valence-corrected chi connectivity index (χ0v) is 11.7. The summed E-state index contributed by atoms with van der Waals surface area (Å²) in [4.78, 5) is 0. The van der Waals surface area contributed by atoms with Gasteiger partial charge in [-0.2, -0.15) is 0 Å². The van der Waals surface area contributed by atoms with Gasteiger partial charge in [-0.15, -0.1) is 0 Å². The summed E-state index contributed by atoms with van der Waals surface area (Å²) < 4.78 is 0. The van der Waals surface area contributed by atoms with Crippen LogP contribution in [0, 0.1) is 13.8 Å². The van der Waals surface area contributed by atoms with E-state index in [2.05, 4.69) is 68.5 Å². The van der Waals surface area contributed by atoms with E-state index in [0.29, 0.717) is 6.54 Å². The van der Waals surface area contributed by atoms with Crippen LogP contribution in [-0.2, 0) is 0 Å². The maximum absolute atomic E-state index is 5.50. The Morgan fingerprint density at radius 1 is 0.947 bits per heavy atom. The van der Waals surface area contributed by atoms with E-state index in [-0.39, 0.29) is 0 Å². The van der Waals surface area contributed by atoms with Gasteiger partial charge in [0.2, 0.25) is 0 Å². The van der Waals surface area contributed by atoms with Crippen molar-refractivity contribution in [2.75, 3.05) is 6.54 Å². The molecule has 0 saturated heterocycles. The average Bonchev–Trinajstić information content (AvgIpc) is 2.38. The fourth-order valence-electron chi connectivity index (χ4n) is 2.28. The predicted molar refractivity (Wildman–Crippen MR) is 84.1 cm³/mol. The van der Waals surface area contributed by atoms with Crippen molar-refractivity contribution in [1.29, 1.82) is 0 Å². The summed E-state index contributed by atoms with van der Waals surface area (Å²) in [5, 5.41) is 0. The summed E-state index contributed by atoms with van der Waals surface area (Å²) >= 11 is 0. The molecule has 0 aliphatic carbocycles. The molecule has 2 aromatic carbocycles. The van der Waals surface area contributed by atoms with E-state index in [1.807, 2.05) is 0 Å². The molecule has 0 amide bonds. The Balaban J connectivity index is 2.32. The van der Waals surface area contributed by atoms with Crippen LogP contribution in [0.4, 0.5) is 0 Å². The first-order valence-electron chi connectivity index (χ1n) is 6.74. The molecule has 0 fully saturated rings. The van der Waals surface area contributed by atoms with Crippen LogP contribution in [0.3, 0.4) is 0 Å². The minimum Gasteiger partial charge on any atom is -0.330 e. The van der Waals surface area contributed by atoms with Gasteiger partial charge in [0.05, 0.1) is 0 Å². The molecular formula is C18H21N. The average molecular weight is 251 g/mol. The Morgan fingerprint density at radius 2 is 1.68 bits per heavy atom. The summed E-state index contributed by atoms with van der Waals surface area (Å²) in [6.07, 6.45) is 5.19. The molecule has 0 unspecified atom stereocenters. The molecule has 1 heteroatoms. The van der Waals surface area contributed by atoms with Crippen molar-refractivity contribution < 1.29 is 0 Å². The molecule has 0 radical (unpaired) electrons. The van der Waals surface area contributed by atoms with E-state index in [4.69, 9.17) is 5.73 Å². The number of nitrogens with two attached hydrogens (primary N) is 1. The molecule has 1 nitrogen and oxygen atoms in total. The highest BCUT2D eigenvalue weighted by atomic mass is 14.5. The lowest BCUT2D eigenvalue weighted by Crippen LogP contribution is -1.94. The van der Waals surface area contributed by atoms with Crippen LogP contribution in [-0.4, -0.2) is 6.54 Å². The van der Waals surface area contributed by atoms with Crippen LogP contribution < -0.4 is 5.73 Å². The lowest BCUT2D eigenvalue weighted by atomic mass is 9.99. The minimum absolute atomic E-state index is 0.702. The van der Waals surface area contributed by atoms with Gasteiger partial charge in [0.15, 0.2) is 0 Å². The van der Waals surface area contributed by atoms with E-state index >= 15 is 0 Å². The van der Waals surface area contributed by atoms with Gasteiger partial charge >= 0.3 is 0 Å². The first kappa shape index (κ1) is 13.6. The largest absolute Gasteiger partial charge is 0.330 e. The lowest BCUT2D eigenvalue weighted by Gasteiger charge is -2.06. The summed E-state index contributed by atoms with van der Waals surface area (Å²) in [6, 6.07) is 15.3. The highest BCUT2D eigenvalue weighted by Crippen LogP contribution is 2.23. The van der Waals surface area contributed by atoms with Crippen LogP contribution in [0.25, 0.3) is 17.2 Å². The molecule has 0 atom stereocenters. The van der Waals surface area contributed by atoms with Crippen molar-refractivity contribution in [2.45, 2.75) is 20.3 Å². The summed E-state index contributed by atoms with van der Waals surface area (Å²) in [5.41, 5.74) is 11.9. The molecule has 19 heavy (non-hydrogen) atoms. The molecule has 2 N–H and O–H groups in total. The first-order valence-corrected chi connectivity index (χ1v) is 6.74. The molecule has 2 aromatic rings. The number of hydrogen-bond acceptors (Lipinski definition) is 1. The molecule has 2 rings (SSSR count). The number of rotatable bonds is 4. The number of aryl methyl sites for hydroxylation is 2. The second-order valence-corrected chi connectivity index (χ2v) is 4.98. The summed E-state index contributed by atoms with van der Waals surface area (Å²) in [6.45, 7) is 4.98. The van der Waals surface area contributed by atoms with Crippen molar-refractivity contribution in [3.05, 3.63) is 65.2 Å². The van der Waals surface area contributed by atoms with Gasteiger partial charge in [0.25, 0.3) is 0 Å². The van der Waals surface area contributed by atoms with E-state index in [9.17, 15) is 0 Å². The van der Waals surface area contributed by atoms with Gasteiger partial charge in [-0.25, -0.2) is 0 Å². The van der Waals surface area contributed by atoms with Crippen LogP contribution in [0.5, 0.6) is 0 Å². The standard InChI is InChI=1S/C18H21N/c1-14-10-15(2)12-18(11-14)17-8-5-7-16(13-17)6-3-4-9-19/h3,5-8,10-13H,4,9,19H2,1-2H3/b6-3+. The van der Waals surface area contributed by atoms with Crippen molar-refractivity contribution in [3.63, 3.8) is 0 Å². The molecule has 0 aliphatic heterocycles. The van der Waals surface area contributed by atoms with Crippen LogP contribution >= 0.6 is 0 Å². The predicted octanol–water partition coefficient (Wildman–Crippen LogP) is 4.33. The third-order valence-corrected chi connectivity index (χ3v) is 3.09. The van der Waals surface area contributed by atoms with Crippen LogP contribution in [0.2, 0.25) is 0 Å². The Kier molecular flexibility index (Phi) is 4.53. The molecule has 0 saturated carbocycles. The smallest absolute Gasteiger partial charge is 0.00425 e. The molecule has 0 bridgehead atoms. The quantitative estimate of drug-likeness (QED) is 0.859. The van der Waals surface area contributed by atoms with E-state index in [1.54, 1.807) is 0 Å². The topological polar surface area (TPSA) is 26.0 Å². The normalized spacial score (nSPS) is 11.1. The van der Waals surface area contributed by atoms with Gasteiger partial charge in [-0.05, 0) is 49.6 Å². The lowest BCUT2D eigenvalue weighted by molar-refractivity contribution is 1.01. The van der Waals surface area contributed by atoms with Crippen molar-refractivity contribution in [3.8, 4) is 11.1 Å². The third-order valence-electron chi connectivity index (χ3n) is 3.09. The zero-order chi connectivity index (χ0) is 13.7. The van der Waals surface area contributed by atoms with E-state index in [0.717, 1.165) is 6.42 Å². The molecule has 98 valence electrons. The highest BCUT2D eigenvalue weighted by molar-refractivity contribution is 5.68. The van der Waals surface area contributed by atoms with Gasteiger partial charge in [0.1, 0.15) is 0 Å². The molecule has 0 aromatic heterocycles. The fraction of sp³-hybridized carbons (Fsp3) is 0.222.